The molecule has 0 heterocycles. The van der Waals surface area contributed by atoms with Gasteiger partial charge in [0.25, 0.3) is 5.91 Å². The van der Waals surface area contributed by atoms with Crippen LogP contribution in [0.4, 0.5) is 0 Å². The normalized spacial score (nSPS) is 12.1. The molecular weight excluding hydrogens is 348 g/mol. The highest BCUT2D eigenvalue weighted by Gasteiger charge is 2.16. The molecule has 0 radical (unpaired) electrons. The summed E-state index contributed by atoms with van der Waals surface area (Å²) in [6, 6.07) is 14.1. The summed E-state index contributed by atoms with van der Waals surface area (Å²) < 4.78 is 6.07. The predicted octanol–water partition coefficient (Wildman–Crippen LogP) is 2.64. The maximum absolute atomic E-state index is 11.8. The second-order valence-electron chi connectivity index (χ2n) is 4.43. The number of aliphatic hydroxyl groups excluding tert-OH is 1. The lowest BCUT2D eigenvalue weighted by atomic mass is 10.1. The van der Waals surface area contributed by atoms with E-state index in [4.69, 9.17) is 4.74 Å². The maximum atomic E-state index is 11.8. The van der Waals surface area contributed by atoms with Gasteiger partial charge in [-0.3, -0.25) is 4.79 Å². The Bertz CT molecular complexity index is 674. The first-order valence-electron chi connectivity index (χ1n) is 6.51. The first kappa shape index (κ1) is 16.2. The molecule has 0 aliphatic carbocycles. The molecule has 0 aromatic heterocycles. The average molecular weight is 363 g/mol. The summed E-state index contributed by atoms with van der Waals surface area (Å²) in [4.78, 5) is 11.8. The van der Waals surface area contributed by atoms with Gasteiger partial charge in [-0.25, -0.2) is 5.43 Å². The van der Waals surface area contributed by atoms with Crippen molar-refractivity contribution in [3.63, 3.8) is 0 Å². The van der Waals surface area contributed by atoms with Crippen molar-refractivity contribution in [3.8, 4) is 5.75 Å². The van der Waals surface area contributed by atoms with E-state index in [1.807, 2.05) is 18.2 Å². The second-order valence-corrected chi connectivity index (χ2v) is 5.35. The molecule has 22 heavy (non-hydrogen) atoms. The largest absolute Gasteiger partial charge is 0.496 e. The van der Waals surface area contributed by atoms with Gasteiger partial charge in [-0.1, -0.05) is 46.3 Å². The molecule has 0 unspecified atom stereocenters. The highest BCUT2D eigenvalue weighted by molar-refractivity contribution is 9.10. The Balaban J connectivity index is 2.03. The highest BCUT2D eigenvalue weighted by Crippen LogP contribution is 2.21. The van der Waals surface area contributed by atoms with Crippen LogP contribution in [-0.2, 0) is 4.79 Å². The molecule has 1 amide bonds. The summed E-state index contributed by atoms with van der Waals surface area (Å²) in [6.45, 7) is 0. The van der Waals surface area contributed by atoms with Gasteiger partial charge in [-0.05, 0) is 23.8 Å². The van der Waals surface area contributed by atoms with Crippen LogP contribution >= 0.6 is 15.9 Å². The zero-order valence-corrected chi connectivity index (χ0v) is 13.4. The fourth-order valence-electron chi connectivity index (χ4n) is 1.82. The smallest absolute Gasteiger partial charge is 0.273 e. The van der Waals surface area contributed by atoms with Crippen LogP contribution in [0.1, 0.15) is 17.2 Å². The van der Waals surface area contributed by atoms with Gasteiger partial charge >= 0.3 is 0 Å². The third-order valence-corrected chi connectivity index (χ3v) is 3.43. The monoisotopic (exact) mass is 362 g/mol. The molecule has 0 aliphatic heterocycles. The van der Waals surface area contributed by atoms with Crippen LogP contribution in [0.3, 0.4) is 0 Å². The van der Waals surface area contributed by atoms with Crippen molar-refractivity contribution in [1.82, 2.24) is 5.43 Å². The van der Waals surface area contributed by atoms with Gasteiger partial charge in [0, 0.05) is 10.0 Å². The topological polar surface area (TPSA) is 70.9 Å². The van der Waals surface area contributed by atoms with E-state index in [1.165, 1.54) is 6.21 Å². The number of carbonyl (C=O) groups excluding carboxylic acids is 1. The number of ether oxygens (including phenoxy) is 1. The van der Waals surface area contributed by atoms with Gasteiger partial charge in [-0.2, -0.15) is 5.10 Å². The molecule has 0 aliphatic rings. The van der Waals surface area contributed by atoms with Crippen molar-refractivity contribution in [1.29, 1.82) is 0 Å². The summed E-state index contributed by atoms with van der Waals surface area (Å²) in [6.07, 6.45) is 0.196. The molecule has 2 aromatic carbocycles. The number of halogens is 1. The van der Waals surface area contributed by atoms with Crippen molar-refractivity contribution >= 4 is 28.1 Å². The van der Waals surface area contributed by atoms with Gasteiger partial charge in [0.2, 0.25) is 0 Å². The van der Waals surface area contributed by atoms with Crippen LogP contribution in [-0.4, -0.2) is 24.3 Å². The van der Waals surface area contributed by atoms with Crippen molar-refractivity contribution in [3.05, 3.63) is 64.1 Å². The van der Waals surface area contributed by atoms with Crippen molar-refractivity contribution in [2.75, 3.05) is 7.11 Å². The summed E-state index contributed by atoms with van der Waals surface area (Å²) in [5, 5.41) is 13.8. The summed E-state index contributed by atoms with van der Waals surface area (Å²) in [7, 11) is 1.55. The lowest BCUT2D eigenvalue weighted by Gasteiger charge is -2.09. The number of benzene rings is 2. The van der Waals surface area contributed by atoms with Gasteiger partial charge in [0.1, 0.15) is 5.75 Å². The third-order valence-electron chi connectivity index (χ3n) is 2.93. The zero-order valence-electron chi connectivity index (χ0n) is 11.9. The minimum absolute atomic E-state index is 0.509. The number of nitrogens with one attached hydrogen (secondary N) is 1. The number of hydrogen-bond donors (Lipinski definition) is 2. The van der Waals surface area contributed by atoms with E-state index in [2.05, 4.69) is 26.5 Å². The molecular formula is C16H15BrN2O3. The molecule has 0 spiro atoms. The van der Waals surface area contributed by atoms with E-state index in [1.54, 1.807) is 37.4 Å². The Kier molecular flexibility index (Phi) is 5.68. The lowest BCUT2D eigenvalue weighted by Crippen LogP contribution is -2.25. The maximum Gasteiger partial charge on any atom is 0.273 e. The molecule has 2 aromatic rings. The standard InChI is InChI=1S/C16H15BrN2O3/c1-22-14-8-7-13(17)9-12(14)10-18-19-16(21)15(20)11-5-3-2-4-6-11/h2-10,15,20H,1H3,(H,19,21)/t15-/m1/s1. The molecule has 114 valence electrons. The number of nitrogens with zero attached hydrogens (tertiary/aromatic N) is 1. The van der Waals surface area contributed by atoms with Crippen molar-refractivity contribution < 1.29 is 14.6 Å². The van der Waals surface area contributed by atoms with E-state index in [0.29, 0.717) is 16.9 Å². The van der Waals surface area contributed by atoms with Crippen molar-refractivity contribution in [2.45, 2.75) is 6.10 Å². The molecule has 0 saturated heterocycles. The van der Waals surface area contributed by atoms with Crippen LogP contribution in [0.25, 0.3) is 0 Å². The fraction of sp³-hybridized carbons (Fsp3) is 0.125. The third kappa shape index (κ3) is 4.16. The number of methoxy groups -OCH3 is 1. The Morgan fingerprint density at radius 2 is 2.05 bits per heavy atom. The molecule has 0 bridgehead atoms. The lowest BCUT2D eigenvalue weighted by molar-refractivity contribution is -0.129. The number of rotatable bonds is 5. The van der Waals surface area contributed by atoms with Gasteiger partial charge in [-0.15, -0.1) is 0 Å². The molecule has 0 fully saturated rings. The average Bonchev–Trinajstić information content (AvgIpc) is 2.55. The Hall–Kier alpha value is -2.18. The number of aliphatic hydroxyl groups is 1. The molecule has 1 atom stereocenters. The molecule has 6 heteroatoms. The number of hydrazone groups is 1. The van der Waals surface area contributed by atoms with E-state index >= 15 is 0 Å². The number of hydrogen-bond acceptors (Lipinski definition) is 4. The van der Waals surface area contributed by atoms with Gasteiger partial charge in [0.15, 0.2) is 6.10 Å². The highest BCUT2D eigenvalue weighted by atomic mass is 79.9. The first-order valence-corrected chi connectivity index (χ1v) is 7.30. The zero-order chi connectivity index (χ0) is 15.9. The van der Waals surface area contributed by atoms with E-state index in [0.717, 1.165) is 4.47 Å². The minimum Gasteiger partial charge on any atom is -0.496 e. The van der Waals surface area contributed by atoms with Crippen LogP contribution in [0.15, 0.2) is 58.1 Å². The molecule has 0 saturated carbocycles. The summed E-state index contributed by atoms with van der Waals surface area (Å²) in [5.41, 5.74) is 3.52. The molecule has 2 N–H and O–H groups in total. The SMILES string of the molecule is COc1ccc(Br)cc1C=NNC(=O)[C@H](O)c1ccccc1. The van der Waals surface area contributed by atoms with Crippen LogP contribution in [0, 0.1) is 0 Å². The number of carbonyl (C=O) groups is 1. The minimum atomic E-state index is -1.26. The quantitative estimate of drug-likeness (QED) is 0.634. The fourth-order valence-corrected chi connectivity index (χ4v) is 2.20. The van der Waals surface area contributed by atoms with Crippen LogP contribution in [0.5, 0.6) is 5.75 Å². The molecule has 5 nitrogen and oxygen atoms in total. The Morgan fingerprint density at radius 3 is 2.73 bits per heavy atom. The first-order chi connectivity index (χ1) is 10.6. The van der Waals surface area contributed by atoms with E-state index in [9.17, 15) is 9.90 Å². The van der Waals surface area contributed by atoms with Crippen LogP contribution < -0.4 is 10.2 Å². The second kappa shape index (κ2) is 7.72. The summed E-state index contributed by atoms with van der Waals surface area (Å²) in [5.74, 6) is 0.0289. The number of amides is 1. The van der Waals surface area contributed by atoms with Gasteiger partial charge < -0.3 is 9.84 Å². The van der Waals surface area contributed by atoms with Crippen LogP contribution in [0.2, 0.25) is 0 Å². The van der Waals surface area contributed by atoms with E-state index in [-0.39, 0.29) is 0 Å². The predicted molar refractivity (Wildman–Crippen MR) is 87.8 cm³/mol. The van der Waals surface area contributed by atoms with E-state index < -0.39 is 12.0 Å². The summed E-state index contributed by atoms with van der Waals surface area (Å²) >= 11 is 3.36. The van der Waals surface area contributed by atoms with Gasteiger partial charge in [0.05, 0.1) is 13.3 Å². The Labute approximate surface area is 136 Å². The van der Waals surface area contributed by atoms with Crippen molar-refractivity contribution in [2.24, 2.45) is 5.10 Å². The molecule has 2 rings (SSSR count). The Morgan fingerprint density at radius 1 is 1.32 bits per heavy atom.